The van der Waals surface area contributed by atoms with Crippen molar-refractivity contribution < 1.29 is 9.53 Å². The van der Waals surface area contributed by atoms with E-state index in [1.165, 1.54) is 26.1 Å². The summed E-state index contributed by atoms with van der Waals surface area (Å²) in [5.41, 5.74) is -0.468. The number of hydrogen-bond acceptors (Lipinski definition) is 4. The zero-order valence-corrected chi connectivity index (χ0v) is 8.45. The van der Waals surface area contributed by atoms with Crippen molar-refractivity contribution in [2.45, 2.75) is 19.3 Å². The van der Waals surface area contributed by atoms with Crippen molar-refractivity contribution in [3.63, 3.8) is 0 Å². The van der Waals surface area contributed by atoms with Gasteiger partial charge in [-0.05, 0) is 18.8 Å². The average molecular weight is 208 g/mol. The Kier molecular flexibility index (Phi) is 2.53. The molecule has 1 aliphatic rings. The maximum atomic E-state index is 11.4. The first-order valence-electron chi connectivity index (χ1n) is 4.87. The van der Waals surface area contributed by atoms with Crippen molar-refractivity contribution in [2.75, 3.05) is 7.11 Å². The molecule has 0 radical (unpaired) electrons. The highest BCUT2D eigenvalue weighted by molar-refractivity contribution is 5.88. The lowest BCUT2D eigenvalue weighted by Crippen LogP contribution is -2.21. The summed E-state index contributed by atoms with van der Waals surface area (Å²) in [6.45, 7) is 0. The van der Waals surface area contributed by atoms with Gasteiger partial charge in [-0.2, -0.15) is 0 Å². The van der Waals surface area contributed by atoms with Crippen LogP contribution in [-0.2, 0) is 11.2 Å². The van der Waals surface area contributed by atoms with E-state index in [2.05, 4.69) is 14.7 Å². The number of aromatic nitrogens is 2. The van der Waals surface area contributed by atoms with Crippen molar-refractivity contribution in [2.24, 2.45) is 5.92 Å². The van der Waals surface area contributed by atoms with E-state index >= 15 is 0 Å². The maximum absolute atomic E-state index is 11.4. The van der Waals surface area contributed by atoms with Crippen molar-refractivity contribution >= 4 is 5.97 Å². The predicted octanol–water partition coefficient (Wildman–Crippen LogP) is 0.509. The highest BCUT2D eigenvalue weighted by Gasteiger charge is 2.23. The molecule has 1 heterocycles. The van der Waals surface area contributed by atoms with Crippen LogP contribution < -0.4 is 5.56 Å². The molecule has 80 valence electrons. The Labute approximate surface area is 86.5 Å². The van der Waals surface area contributed by atoms with E-state index < -0.39 is 11.5 Å². The van der Waals surface area contributed by atoms with E-state index in [-0.39, 0.29) is 5.56 Å². The smallest absolute Gasteiger partial charge is 0.345 e. The number of esters is 1. The molecule has 1 N–H and O–H groups in total. The third kappa shape index (κ3) is 2.23. The highest BCUT2D eigenvalue weighted by Crippen LogP contribution is 2.31. The molecule has 0 saturated heterocycles. The molecule has 5 heteroatoms. The van der Waals surface area contributed by atoms with Crippen LogP contribution in [0, 0.1) is 5.92 Å². The molecule has 15 heavy (non-hydrogen) atoms. The molecule has 1 aromatic heterocycles. The predicted molar refractivity (Wildman–Crippen MR) is 52.6 cm³/mol. The second kappa shape index (κ2) is 3.84. The van der Waals surface area contributed by atoms with Gasteiger partial charge in [-0.15, -0.1) is 0 Å². The first-order chi connectivity index (χ1) is 7.20. The fourth-order valence-corrected chi connectivity index (χ4v) is 1.39. The lowest BCUT2D eigenvalue weighted by atomic mass is 10.2. The third-order valence-corrected chi connectivity index (χ3v) is 2.44. The SMILES string of the molecule is COC(=O)c1cnc(CC2CC2)[nH]c1=O. The van der Waals surface area contributed by atoms with Gasteiger partial charge in [-0.25, -0.2) is 9.78 Å². The molecule has 1 fully saturated rings. The zero-order valence-electron chi connectivity index (χ0n) is 8.45. The average Bonchev–Trinajstić information content (AvgIpc) is 3.01. The minimum Gasteiger partial charge on any atom is -0.465 e. The largest absolute Gasteiger partial charge is 0.465 e. The van der Waals surface area contributed by atoms with Crippen LogP contribution in [0.4, 0.5) is 0 Å². The summed E-state index contributed by atoms with van der Waals surface area (Å²) in [5, 5.41) is 0. The van der Waals surface area contributed by atoms with Gasteiger partial charge in [0.15, 0.2) is 0 Å². The molecular weight excluding hydrogens is 196 g/mol. The number of carbonyl (C=O) groups excluding carboxylic acids is 1. The quantitative estimate of drug-likeness (QED) is 0.734. The summed E-state index contributed by atoms with van der Waals surface area (Å²) in [4.78, 5) is 29.2. The fraction of sp³-hybridized carbons (Fsp3) is 0.500. The number of ether oxygens (including phenoxy) is 1. The molecule has 0 aliphatic heterocycles. The molecule has 1 aromatic rings. The van der Waals surface area contributed by atoms with Crippen molar-refractivity contribution in [3.8, 4) is 0 Å². The first-order valence-corrected chi connectivity index (χ1v) is 4.87. The van der Waals surface area contributed by atoms with Gasteiger partial charge >= 0.3 is 5.97 Å². The molecule has 0 amide bonds. The van der Waals surface area contributed by atoms with Gasteiger partial charge in [-0.1, -0.05) is 0 Å². The van der Waals surface area contributed by atoms with Gasteiger partial charge < -0.3 is 9.72 Å². The van der Waals surface area contributed by atoms with Crippen molar-refractivity contribution in [1.29, 1.82) is 0 Å². The van der Waals surface area contributed by atoms with Gasteiger partial charge in [0, 0.05) is 12.6 Å². The van der Waals surface area contributed by atoms with Crippen LogP contribution in [0.2, 0.25) is 0 Å². The fourth-order valence-electron chi connectivity index (χ4n) is 1.39. The summed E-state index contributed by atoms with van der Waals surface area (Å²) < 4.78 is 4.45. The van der Waals surface area contributed by atoms with Crippen LogP contribution in [-0.4, -0.2) is 23.0 Å². The molecule has 1 saturated carbocycles. The molecule has 0 atom stereocenters. The van der Waals surface area contributed by atoms with E-state index in [1.807, 2.05) is 0 Å². The summed E-state index contributed by atoms with van der Waals surface area (Å²) in [5.74, 6) is 0.647. The summed E-state index contributed by atoms with van der Waals surface area (Å²) in [7, 11) is 1.24. The van der Waals surface area contributed by atoms with Crippen LogP contribution in [0.15, 0.2) is 11.0 Å². The number of nitrogens with one attached hydrogen (secondary N) is 1. The Morgan fingerprint density at radius 2 is 2.40 bits per heavy atom. The molecule has 2 rings (SSSR count). The molecule has 0 spiro atoms. The van der Waals surface area contributed by atoms with Crippen molar-refractivity contribution in [1.82, 2.24) is 9.97 Å². The van der Waals surface area contributed by atoms with E-state index in [0.717, 1.165) is 6.42 Å². The van der Waals surface area contributed by atoms with Crippen LogP contribution in [0.1, 0.15) is 29.0 Å². The first kappa shape index (κ1) is 9.89. The van der Waals surface area contributed by atoms with E-state index in [1.54, 1.807) is 0 Å². The minimum absolute atomic E-state index is 0.0444. The van der Waals surface area contributed by atoms with Gasteiger partial charge in [0.1, 0.15) is 11.4 Å². The van der Waals surface area contributed by atoms with E-state index in [9.17, 15) is 9.59 Å². The zero-order chi connectivity index (χ0) is 10.8. The molecular formula is C10H12N2O3. The molecule has 1 aliphatic carbocycles. The molecule has 5 nitrogen and oxygen atoms in total. The number of aromatic amines is 1. The van der Waals surface area contributed by atoms with E-state index in [0.29, 0.717) is 11.7 Å². The minimum atomic E-state index is -0.651. The molecule has 0 unspecified atom stereocenters. The van der Waals surface area contributed by atoms with Crippen LogP contribution in [0.25, 0.3) is 0 Å². The number of carbonyl (C=O) groups is 1. The normalized spacial score (nSPS) is 15.0. The summed E-state index contributed by atoms with van der Waals surface area (Å²) in [6.07, 6.45) is 4.46. The van der Waals surface area contributed by atoms with Crippen LogP contribution in [0.3, 0.4) is 0 Å². The van der Waals surface area contributed by atoms with Gasteiger partial charge in [0.2, 0.25) is 0 Å². The standard InChI is InChI=1S/C10H12N2O3/c1-15-10(14)7-5-11-8(12-9(7)13)4-6-2-3-6/h5-6H,2-4H2,1H3,(H,11,12,13). The second-order valence-electron chi connectivity index (χ2n) is 3.71. The third-order valence-electron chi connectivity index (χ3n) is 2.44. The number of hydrogen-bond donors (Lipinski definition) is 1. The van der Waals surface area contributed by atoms with Gasteiger partial charge in [0.05, 0.1) is 7.11 Å². The number of nitrogens with zero attached hydrogens (tertiary/aromatic N) is 1. The summed E-state index contributed by atoms with van der Waals surface area (Å²) in [6, 6.07) is 0. The van der Waals surface area contributed by atoms with Crippen LogP contribution in [0.5, 0.6) is 0 Å². The second-order valence-corrected chi connectivity index (χ2v) is 3.71. The van der Waals surface area contributed by atoms with Gasteiger partial charge in [0.25, 0.3) is 5.56 Å². The molecule has 0 aromatic carbocycles. The van der Waals surface area contributed by atoms with E-state index in [4.69, 9.17) is 0 Å². The highest BCUT2D eigenvalue weighted by atomic mass is 16.5. The van der Waals surface area contributed by atoms with Crippen LogP contribution >= 0.6 is 0 Å². The topological polar surface area (TPSA) is 72.0 Å². The molecule has 0 bridgehead atoms. The monoisotopic (exact) mass is 208 g/mol. The van der Waals surface area contributed by atoms with Crippen molar-refractivity contribution in [3.05, 3.63) is 27.9 Å². The summed E-state index contributed by atoms with van der Waals surface area (Å²) >= 11 is 0. The number of methoxy groups -OCH3 is 1. The Balaban J connectivity index is 2.21. The Bertz CT molecular complexity index is 435. The maximum Gasteiger partial charge on any atom is 0.345 e. The van der Waals surface area contributed by atoms with Gasteiger partial charge in [-0.3, -0.25) is 4.79 Å². The lowest BCUT2D eigenvalue weighted by Gasteiger charge is -2.00. The number of H-pyrrole nitrogens is 1. The number of rotatable bonds is 3. The Morgan fingerprint density at radius 3 is 2.93 bits per heavy atom. The lowest BCUT2D eigenvalue weighted by molar-refractivity contribution is 0.0598. The Morgan fingerprint density at radius 1 is 1.67 bits per heavy atom. The Hall–Kier alpha value is -1.65.